The van der Waals surface area contributed by atoms with E-state index >= 15 is 0 Å². The first-order valence-corrected chi connectivity index (χ1v) is 6.01. The first-order valence-electron chi connectivity index (χ1n) is 4.46. The molecule has 0 aromatic rings. The van der Waals surface area contributed by atoms with Crippen LogP contribution in [-0.4, -0.2) is 31.4 Å². The Labute approximate surface area is 84.8 Å². The van der Waals surface area contributed by atoms with Crippen LogP contribution in [0.25, 0.3) is 0 Å². The van der Waals surface area contributed by atoms with E-state index in [-0.39, 0.29) is 6.54 Å². The molecule has 0 fully saturated rings. The lowest BCUT2D eigenvalue weighted by Gasteiger charge is -2.08. The molecule has 0 aliphatic rings. The summed E-state index contributed by atoms with van der Waals surface area (Å²) in [6.45, 7) is 3.24. The Kier molecular flexibility index (Phi) is 5.69. The van der Waals surface area contributed by atoms with Gasteiger partial charge < -0.3 is 5.11 Å². The second-order valence-corrected chi connectivity index (χ2v) is 5.29. The molecule has 0 aliphatic heterocycles. The molecular weight excluding hydrogens is 204 g/mol. The Morgan fingerprint density at radius 2 is 2.07 bits per heavy atom. The van der Waals surface area contributed by atoms with Gasteiger partial charge >= 0.3 is 0 Å². The van der Waals surface area contributed by atoms with E-state index in [2.05, 4.69) is 4.72 Å². The SMILES string of the molecule is CC(O)CCCNS(=O)(=O)C(C)C#N. The van der Waals surface area contributed by atoms with Crippen molar-refractivity contribution in [3.05, 3.63) is 0 Å². The number of aliphatic hydroxyl groups is 1. The molecule has 0 aromatic heterocycles. The standard InChI is InChI=1S/C8H16N2O3S/c1-7(11)4-3-5-10-14(12,13)8(2)6-9/h7-8,10-11H,3-5H2,1-2H3. The minimum atomic E-state index is -3.50. The Balaban J connectivity index is 3.85. The van der Waals surface area contributed by atoms with Gasteiger partial charge in [-0.05, 0) is 26.7 Å². The molecule has 5 nitrogen and oxygen atoms in total. The predicted octanol–water partition coefficient (Wildman–Crippen LogP) is -0.0211. The van der Waals surface area contributed by atoms with Crippen LogP contribution in [0.15, 0.2) is 0 Å². The first-order chi connectivity index (χ1) is 6.40. The molecule has 0 rings (SSSR count). The smallest absolute Gasteiger partial charge is 0.227 e. The van der Waals surface area contributed by atoms with E-state index in [9.17, 15) is 8.42 Å². The summed E-state index contributed by atoms with van der Waals surface area (Å²) in [5.41, 5.74) is 0. The van der Waals surface area contributed by atoms with E-state index in [1.54, 1.807) is 13.0 Å². The van der Waals surface area contributed by atoms with Gasteiger partial charge in [-0.15, -0.1) is 0 Å². The Morgan fingerprint density at radius 1 is 1.50 bits per heavy atom. The van der Waals surface area contributed by atoms with Crippen molar-refractivity contribution >= 4 is 10.0 Å². The van der Waals surface area contributed by atoms with Crippen molar-refractivity contribution in [1.82, 2.24) is 4.72 Å². The molecule has 82 valence electrons. The highest BCUT2D eigenvalue weighted by Gasteiger charge is 2.18. The molecule has 2 unspecified atom stereocenters. The van der Waals surface area contributed by atoms with Crippen LogP contribution in [0.1, 0.15) is 26.7 Å². The third-order valence-electron chi connectivity index (χ3n) is 1.75. The van der Waals surface area contributed by atoms with Gasteiger partial charge in [-0.3, -0.25) is 0 Å². The zero-order chi connectivity index (χ0) is 11.2. The molecule has 6 heteroatoms. The van der Waals surface area contributed by atoms with E-state index in [1.807, 2.05) is 0 Å². The fraction of sp³-hybridized carbons (Fsp3) is 0.875. The molecule has 0 amide bonds. The Hall–Kier alpha value is -0.640. The highest BCUT2D eigenvalue weighted by Crippen LogP contribution is 1.98. The van der Waals surface area contributed by atoms with Crippen molar-refractivity contribution in [3.8, 4) is 6.07 Å². The number of hydrogen-bond acceptors (Lipinski definition) is 4. The van der Waals surface area contributed by atoms with Crippen LogP contribution < -0.4 is 4.72 Å². The van der Waals surface area contributed by atoms with Crippen molar-refractivity contribution in [2.75, 3.05) is 6.54 Å². The van der Waals surface area contributed by atoms with Gasteiger partial charge in [0.1, 0.15) is 0 Å². The highest BCUT2D eigenvalue weighted by molar-refractivity contribution is 7.90. The summed E-state index contributed by atoms with van der Waals surface area (Å²) >= 11 is 0. The van der Waals surface area contributed by atoms with Crippen molar-refractivity contribution in [2.24, 2.45) is 0 Å². The molecule has 0 aromatic carbocycles. The van der Waals surface area contributed by atoms with E-state index in [0.717, 1.165) is 0 Å². The van der Waals surface area contributed by atoms with Crippen molar-refractivity contribution < 1.29 is 13.5 Å². The summed E-state index contributed by atoms with van der Waals surface area (Å²) in [6, 6.07) is 1.66. The van der Waals surface area contributed by atoms with Crippen molar-refractivity contribution in [1.29, 1.82) is 5.26 Å². The van der Waals surface area contributed by atoms with E-state index in [0.29, 0.717) is 12.8 Å². The van der Waals surface area contributed by atoms with Gasteiger partial charge in [-0.2, -0.15) is 5.26 Å². The van der Waals surface area contributed by atoms with Crippen molar-refractivity contribution in [2.45, 2.75) is 38.0 Å². The maximum absolute atomic E-state index is 11.2. The van der Waals surface area contributed by atoms with Crippen LogP contribution in [0.5, 0.6) is 0 Å². The number of sulfonamides is 1. The number of aliphatic hydroxyl groups excluding tert-OH is 1. The number of nitrogens with one attached hydrogen (secondary N) is 1. The van der Waals surface area contributed by atoms with Crippen LogP contribution in [-0.2, 0) is 10.0 Å². The summed E-state index contributed by atoms with van der Waals surface area (Å²) in [5.74, 6) is 0. The fourth-order valence-electron chi connectivity index (χ4n) is 0.806. The molecular formula is C8H16N2O3S. The summed E-state index contributed by atoms with van der Waals surface area (Å²) in [7, 11) is -3.50. The average Bonchev–Trinajstić information content (AvgIpc) is 2.10. The number of nitriles is 1. The lowest BCUT2D eigenvalue weighted by Crippen LogP contribution is -2.32. The normalized spacial score (nSPS) is 15.9. The van der Waals surface area contributed by atoms with Crippen LogP contribution in [0.2, 0.25) is 0 Å². The van der Waals surface area contributed by atoms with E-state index < -0.39 is 21.4 Å². The summed E-state index contributed by atoms with van der Waals surface area (Å²) in [5, 5.41) is 16.3. The van der Waals surface area contributed by atoms with Crippen LogP contribution in [0, 0.1) is 11.3 Å². The maximum atomic E-state index is 11.2. The second kappa shape index (κ2) is 5.96. The maximum Gasteiger partial charge on any atom is 0.227 e. The van der Waals surface area contributed by atoms with Gasteiger partial charge in [-0.25, -0.2) is 13.1 Å². The Bertz CT molecular complexity index is 292. The second-order valence-electron chi connectivity index (χ2n) is 3.20. The summed E-state index contributed by atoms with van der Waals surface area (Å²) < 4.78 is 24.7. The largest absolute Gasteiger partial charge is 0.393 e. The molecule has 0 spiro atoms. The topological polar surface area (TPSA) is 90.2 Å². The molecule has 2 atom stereocenters. The molecule has 2 N–H and O–H groups in total. The number of rotatable bonds is 6. The van der Waals surface area contributed by atoms with Crippen LogP contribution in [0.3, 0.4) is 0 Å². The third-order valence-corrected chi connectivity index (χ3v) is 3.39. The molecule has 0 saturated heterocycles. The lowest BCUT2D eigenvalue weighted by molar-refractivity contribution is 0.182. The van der Waals surface area contributed by atoms with E-state index in [4.69, 9.17) is 10.4 Å². The first kappa shape index (κ1) is 13.4. The summed E-state index contributed by atoms with van der Waals surface area (Å²) in [6.07, 6.45) is 0.686. The monoisotopic (exact) mass is 220 g/mol. The molecule has 0 saturated carbocycles. The van der Waals surface area contributed by atoms with Gasteiger partial charge in [0.25, 0.3) is 0 Å². The molecule has 14 heavy (non-hydrogen) atoms. The molecule has 0 radical (unpaired) electrons. The highest BCUT2D eigenvalue weighted by atomic mass is 32.2. The lowest BCUT2D eigenvalue weighted by atomic mass is 10.2. The molecule has 0 heterocycles. The van der Waals surface area contributed by atoms with Gasteiger partial charge in [0.15, 0.2) is 5.25 Å². The van der Waals surface area contributed by atoms with Crippen LogP contribution >= 0.6 is 0 Å². The zero-order valence-electron chi connectivity index (χ0n) is 8.40. The van der Waals surface area contributed by atoms with E-state index in [1.165, 1.54) is 6.92 Å². The van der Waals surface area contributed by atoms with Gasteiger partial charge in [0, 0.05) is 6.54 Å². The van der Waals surface area contributed by atoms with Gasteiger partial charge in [0.2, 0.25) is 10.0 Å². The van der Waals surface area contributed by atoms with Crippen LogP contribution in [0.4, 0.5) is 0 Å². The van der Waals surface area contributed by atoms with Crippen molar-refractivity contribution in [3.63, 3.8) is 0 Å². The number of hydrogen-bond donors (Lipinski definition) is 2. The minimum Gasteiger partial charge on any atom is -0.393 e. The summed E-state index contributed by atoms with van der Waals surface area (Å²) in [4.78, 5) is 0. The third kappa shape index (κ3) is 5.17. The molecule has 0 aliphatic carbocycles. The quantitative estimate of drug-likeness (QED) is 0.615. The molecule has 0 bridgehead atoms. The minimum absolute atomic E-state index is 0.263. The number of nitrogens with zero attached hydrogens (tertiary/aromatic N) is 1. The predicted molar refractivity (Wildman–Crippen MR) is 52.9 cm³/mol. The fourth-order valence-corrected chi connectivity index (χ4v) is 1.62. The Morgan fingerprint density at radius 3 is 2.50 bits per heavy atom. The van der Waals surface area contributed by atoms with Gasteiger partial charge in [-0.1, -0.05) is 0 Å². The average molecular weight is 220 g/mol. The van der Waals surface area contributed by atoms with Gasteiger partial charge in [0.05, 0.1) is 12.2 Å². The zero-order valence-corrected chi connectivity index (χ0v) is 9.21.